The van der Waals surface area contributed by atoms with Crippen molar-refractivity contribution in [1.29, 1.82) is 0 Å². The molecule has 0 unspecified atom stereocenters. The van der Waals surface area contributed by atoms with Gasteiger partial charge in [-0.3, -0.25) is 9.59 Å². The molecule has 1 saturated carbocycles. The van der Waals surface area contributed by atoms with Gasteiger partial charge in [0, 0.05) is 32.0 Å². The molecule has 0 atom stereocenters. The Balaban J connectivity index is 1.53. The molecule has 4 nitrogen and oxygen atoms in total. The number of carbonyl (C=O) groups excluding carboxylic acids is 2. The Kier molecular flexibility index (Phi) is 4.51. The quantitative estimate of drug-likeness (QED) is 0.807. The molecule has 0 aromatic heterocycles. The highest BCUT2D eigenvalue weighted by Crippen LogP contribution is 2.38. The summed E-state index contributed by atoms with van der Waals surface area (Å²) < 4.78 is 0. The van der Waals surface area contributed by atoms with Crippen molar-refractivity contribution in [2.24, 2.45) is 11.3 Å². The molecule has 4 heteroatoms. The van der Waals surface area contributed by atoms with Crippen LogP contribution in [0.15, 0.2) is 0 Å². The molecule has 21 heavy (non-hydrogen) atoms. The Morgan fingerprint density at radius 1 is 1.05 bits per heavy atom. The highest BCUT2D eigenvalue weighted by molar-refractivity contribution is 5.80. The van der Waals surface area contributed by atoms with Crippen molar-refractivity contribution in [2.45, 2.75) is 64.2 Å². The normalized spacial score (nSPS) is 27.2. The van der Waals surface area contributed by atoms with E-state index in [0.29, 0.717) is 12.3 Å². The number of hydrogen-bond acceptors (Lipinski definition) is 2. The summed E-state index contributed by atoms with van der Waals surface area (Å²) in [7, 11) is 0. The van der Waals surface area contributed by atoms with Gasteiger partial charge in [-0.1, -0.05) is 32.1 Å². The van der Waals surface area contributed by atoms with E-state index in [-0.39, 0.29) is 17.2 Å². The summed E-state index contributed by atoms with van der Waals surface area (Å²) in [6.45, 7) is 2.52. The van der Waals surface area contributed by atoms with Crippen LogP contribution in [-0.4, -0.2) is 36.3 Å². The van der Waals surface area contributed by atoms with E-state index in [1.165, 1.54) is 32.1 Å². The molecule has 2 heterocycles. The number of nitrogens with zero attached hydrogens (tertiary/aromatic N) is 1. The van der Waals surface area contributed by atoms with Gasteiger partial charge in [0.25, 0.3) is 0 Å². The number of hydrogen-bond donors (Lipinski definition) is 1. The van der Waals surface area contributed by atoms with E-state index < -0.39 is 0 Å². The van der Waals surface area contributed by atoms with E-state index in [9.17, 15) is 9.59 Å². The van der Waals surface area contributed by atoms with Crippen LogP contribution in [0.4, 0.5) is 0 Å². The third kappa shape index (κ3) is 3.41. The van der Waals surface area contributed by atoms with Crippen molar-refractivity contribution in [1.82, 2.24) is 10.2 Å². The second-order valence-corrected chi connectivity index (χ2v) is 7.32. The van der Waals surface area contributed by atoms with Crippen LogP contribution >= 0.6 is 0 Å². The highest BCUT2D eigenvalue weighted by Gasteiger charge is 2.42. The molecule has 0 bridgehead atoms. The van der Waals surface area contributed by atoms with Crippen molar-refractivity contribution in [3.63, 3.8) is 0 Å². The van der Waals surface area contributed by atoms with Gasteiger partial charge in [-0.2, -0.15) is 0 Å². The van der Waals surface area contributed by atoms with Crippen LogP contribution < -0.4 is 5.32 Å². The first kappa shape index (κ1) is 14.9. The Morgan fingerprint density at radius 3 is 2.24 bits per heavy atom. The van der Waals surface area contributed by atoms with Crippen molar-refractivity contribution in [2.75, 3.05) is 19.6 Å². The number of nitrogens with one attached hydrogen (secondary N) is 1. The van der Waals surface area contributed by atoms with Gasteiger partial charge in [0.15, 0.2) is 0 Å². The molecule has 1 spiro atoms. The maximum Gasteiger partial charge on any atom is 0.225 e. The van der Waals surface area contributed by atoms with E-state index >= 15 is 0 Å². The molecule has 2 saturated heterocycles. The summed E-state index contributed by atoms with van der Waals surface area (Å²) in [6, 6.07) is 0. The summed E-state index contributed by atoms with van der Waals surface area (Å²) >= 11 is 0. The maximum atomic E-state index is 12.7. The van der Waals surface area contributed by atoms with E-state index in [2.05, 4.69) is 10.2 Å². The third-order valence-electron chi connectivity index (χ3n) is 5.79. The summed E-state index contributed by atoms with van der Waals surface area (Å²) in [5, 5.41) is 2.96. The Bertz CT molecular complexity index is 392. The van der Waals surface area contributed by atoms with Gasteiger partial charge < -0.3 is 10.2 Å². The van der Waals surface area contributed by atoms with Crippen LogP contribution in [0.2, 0.25) is 0 Å². The van der Waals surface area contributed by atoms with E-state index in [1.807, 2.05) is 0 Å². The predicted molar refractivity (Wildman–Crippen MR) is 81.7 cm³/mol. The van der Waals surface area contributed by atoms with Crippen LogP contribution in [0.5, 0.6) is 0 Å². The zero-order chi connectivity index (χ0) is 14.7. The first-order valence-corrected chi connectivity index (χ1v) is 8.74. The van der Waals surface area contributed by atoms with Crippen molar-refractivity contribution < 1.29 is 9.59 Å². The lowest BCUT2D eigenvalue weighted by molar-refractivity contribution is -0.138. The molecule has 118 valence electrons. The molecule has 0 aromatic carbocycles. The monoisotopic (exact) mass is 292 g/mol. The summed E-state index contributed by atoms with van der Waals surface area (Å²) in [5.74, 6) is 0.849. The van der Waals surface area contributed by atoms with Gasteiger partial charge >= 0.3 is 0 Å². The Labute approximate surface area is 127 Å². The van der Waals surface area contributed by atoms with Crippen LogP contribution in [0.3, 0.4) is 0 Å². The summed E-state index contributed by atoms with van der Waals surface area (Å²) in [6.07, 6.45) is 11.2. The first-order valence-electron chi connectivity index (χ1n) is 8.74. The van der Waals surface area contributed by atoms with Gasteiger partial charge in [0.05, 0.1) is 0 Å². The SMILES string of the molecule is O=C1CC2(CCN(C(=O)C3CCCCCCC3)CC2)CN1. The molecular formula is C17H28N2O2. The smallest absolute Gasteiger partial charge is 0.225 e. The van der Waals surface area contributed by atoms with Gasteiger partial charge in [-0.15, -0.1) is 0 Å². The second kappa shape index (κ2) is 6.37. The van der Waals surface area contributed by atoms with Crippen LogP contribution in [0.25, 0.3) is 0 Å². The molecule has 1 aliphatic carbocycles. The fourth-order valence-corrected chi connectivity index (χ4v) is 4.27. The second-order valence-electron chi connectivity index (χ2n) is 7.32. The average Bonchev–Trinajstić information content (AvgIpc) is 2.80. The Hall–Kier alpha value is -1.06. The maximum absolute atomic E-state index is 12.7. The van der Waals surface area contributed by atoms with E-state index in [4.69, 9.17) is 0 Å². The first-order chi connectivity index (χ1) is 10.2. The lowest BCUT2D eigenvalue weighted by atomic mass is 9.77. The molecular weight excluding hydrogens is 264 g/mol. The Morgan fingerprint density at radius 2 is 1.67 bits per heavy atom. The van der Waals surface area contributed by atoms with Crippen molar-refractivity contribution in [3.8, 4) is 0 Å². The standard InChI is InChI=1S/C17H28N2O2/c20-15-12-17(13-18-15)8-10-19(11-9-17)16(21)14-6-4-2-1-3-5-7-14/h14H,1-13H2,(H,18,20). The number of likely N-dealkylation sites (tertiary alicyclic amines) is 1. The highest BCUT2D eigenvalue weighted by atomic mass is 16.2. The number of carbonyl (C=O) groups is 2. The van der Waals surface area contributed by atoms with Gasteiger partial charge in [0.2, 0.25) is 11.8 Å². The zero-order valence-corrected chi connectivity index (χ0v) is 13.0. The topological polar surface area (TPSA) is 49.4 Å². The van der Waals surface area contributed by atoms with Gasteiger partial charge in [-0.25, -0.2) is 0 Å². The van der Waals surface area contributed by atoms with Crippen molar-refractivity contribution >= 4 is 11.8 Å². The van der Waals surface area contributed by atoms with Crippen molar-refractivity contribution in [3.05, 3.63) is 0 Å². The molecule has 3 rings (SSSR count). The zero-order valence-electron chi connectivity index (χ0n) is 13.0. The molecule has 3 aliphatic rings. The van der Waals surface area contributed by atoms with Gasteiger partial charge in [-0.05, 0) is 31.1 Å². The minimum atomic E-state index is 0.148. The average molecular weight is 292 g/mol. The fraction of sp³-hybridized carbons (Fsp3) is 0.882. The minimum Gasteiger partial charge on any atom is -0.356 e. The lowest BCUT2D eigenvalue weighted by Gasteiger charge is -2.39. The van der Waals surface area contributed by atoms with Gasteiger partial charge in [0.1, 0.15) is 0 Å². The van der Waals surface area contributed by atoms with Crippen LogP contribution in [0, 0.1) is 11.3 Å². The van der Waals surface area contributed by atoms with Crippen LogP contribution in [-0.2, 0) is 9.59 Å². The third-order valence-corrected chi connectivity index (χ3v) is 5.79. The number of piperidine rings is 1. The summed E-state index contributed by atoms with van der Waals surface area (Å²) in [5.41, 5.74) is 0.148. The minimum absolute atomic E-state index is 0.148. The molecule has 2 amide bonds. The molecule has 0 aromatic rings. The number of amides is 2. The lowest BCUT2D eigenvalue weighted by Crippen LogP contribution is -2.46. The fourth-order valence-electron chi connectivity index (χ4n) is 4.27. The van der Waals surface area contributed by atoms with E-state index in [0.717, 1.165) is 45.3 Å². The molecule has 1 N–H and O–H groups in total. The molecule has 2 aliphatic heterocycles. The molecule has 3 fully saturated rings. The van der Waals surface area contributed by atoms with Crippen LogP contribution in [0.1, 0.15) is 64.2 Å². The molecule has 0 radical (unpaired) electrons. The number of rotatable bonds is 1. The largest absolute Gasteiger partial charge is 0.356 e. The predicted octanol–water partition coefficient (Wildman–Crippen LogP) is 2.48. The van der Waals surface area contributed by atoms with E-state index in [1.54, 1.807) is 0 Å². The summed E-state index contributed by atoms with van der Waals surface area (Å²) in [4.78, 5) is 26.3.